The largest absolute Gasteiger partial charge is 0.353 e. The quantitative estimate of drug-likeness (QED) is 0.704. The molecule has 1 aromatic heterocycles. The number of aromatic nitrogens is 1. The molecular formula is C21H33N3O3S. The maximum Gasteiger partial charge on any atom is 0.268 e. The van der Waals surface area contributed by atoms with Crippen molar-refractivity contribution >= 4 is 15.9 Å². The van der Waals surface area contributed by atoms with E-state index in [1.165, 1.54) is 18.4 Å². The minimum Gasteiger partial charge on any atom is -0.353 e. The number of amides is 1. The Balaban J connectivity index is 1.71. The molecule has 6 nitrogen and oxygen atoms in total. The van der Waals surface area contributed by atoms with Crippen LogP contribution in [0.25, 0.3) is 0 Å². The molecule has 0 bridgehead atoms. The zero-order valence-electron chi connectivity index (χ0n) is 17.1. The highest BCUT2D eigenvalue weighted by atomic mass is 32.2. The summed E-state index contributed by atoms with van der Waals surface area (Å²) in [6.45, 7) is 5.16. The lowest BCUT2D eigenvalue weighted by molar-refractivity contribution is 0.0949. The molecule has 0 saturated carbocycles. The Bertz CT molecular complexity index is 831. The Morgan fingerprint density at radius 1 is 1.11 bits per heavy atom. The molecule has 1 amide bonds. The molecule has 0 aromatic carbocycles. The normalized spacial score (nSPS) is 19.1. The molecule has 1 aromatic rings. The number of H-pyrrole nitrogens is 1. The topological polar surface area (TPSA) is 82.3 Å². The van der Waals surface area contributed by atoms with E-state index in [9.17, 15) is 13.2 Å². The second kappa shape index (κ2) is 9.27. The van der Waals surface area contributed by atoms with Gasteiger partial charge in [-0.2, -0.15) is 4.31 Å². The van der Waals surface area contributed by atoms with Gasteiger partial charge in [-0.1, -0.05) is 24.5 Å². The van der Waals surface area contributed by atoms with Crippen molar-refractivity contribution in [3.05, 3.63) is 28.6 Å². The van der Waals surface area contributed by atoms with E-state index in [0.29, 0.717) is 36.6 Å². The van der Waals surface area contributed by atoms with Crippen LogP contribution in [-0.2, 0) is 10.0 Å². The fraction of sp³-hybridized carbons (Fsp3) is 0.667. The molecule has 0 atom stereocenters. The van der Waals surface area contributed by atoms with E-state index in [0.717, 1.165) is 44.9 Å². The average Bonchev–Trinajstić information content (AvgIpc) is 2.85. The SMILES string of the molecule is Cc1[nH]c(C(=O)NCCC2=CCCCC2)c(C)c1S(=O)(=O)N1CCCCCC1. The van der Waals surface area contributed by atoms with Gasteiger partial charge in [0.1, 0.15) is 10.6 Å². The van der Waals surface area contributed by atoms with Gasteiger partial charge >= 0.3 is 0 Å². The van der Waals surface area contributed by atoms with Crippen LogP contribution in [0.3, 0.4) is 0 Å². The molecule has 2 aliphatic rings. The van der Waals surface area contributed by atoms with Crippen molar-refractivity contribution in [1.29, 1.82) is 0 Å². The molecule has 28 heavy (non-hydrogen) atoms. The number of nitrogens with one attached hydrogen (secondary N) is 2. The van der Waals surface area contributed by atoms with Crippen LogP contribution in [0.2, 0.25) is 0 Å². The van der Waals surface area contributed by atoms with Crippen LogP contribution in [0, 0.1) is 13.8 Å². The van der Waals surface area contributed by atoms with Gasteiger partial charge in [0.05, 0.1) is 0 Å². The Hall–Kier alpha value is -1.60. The van der Waals surface area contributed by atoms with Crippen LogP contribution in [0.15, 0.2) is 16.5 Å². The van der Waals surface area contributed by atoms with Crippen LogP contribution >= 0.6 is 0 Å². The molecule has 0 unspecified atom stereocenters. The zero-order valence-corrected chi connectivity index (χ0v) is 18.0. The van der Waals surface area contributed by atoms with E-state index in [1.54, 1.807) is 18.2 Å². The van der Waals surface area contributed by atoms with E-state index in [1.807, 2.05) is 0 Å². The van der Waals surface area contributed by atoms with Crippen molar-refractivity contribution in [1.82, 2.24) is 14.6 Å². The minimum atomic E-state index is -3.58. The van der Waals surface area contributed by atoms with Gasteiger partial charge in [-0.3, -0.25) is 4.79 Å². The highest BCUT2D eigenvalue weighted by Gasteiger charge is 2.31. The lowest BCUT2D eigenvalue weighted by Crippen LogP contribution is -2.32. The standard InChI is InChI=1S/C21H33N3O3S/c1-16-19(21(25)22-13-12-18-10-6-5-7-11-18)23-17(2)20(16)28(26,27)24-14-8-3-4-9-15-24/h10,23H,3-9,11-15H2,1-2H3,(H,22,25). The third-order valence-electron chi connectivity index (χ3n) is 5.88. The number of aryl methyl sites for hydroxylation is 1. The molecule has 156 valence electrons. The number of nitrogens with zero attached hydrogens (tertiary/aromatic N) is 1. The summed E-state index contributed by atoms with van der Waals surface area (Å²) in [4.78, 5) is 16.0. The van der Waals surface area contributed by atoms with Crippen molar-refractivity contribution < 1.29 is 13.2 Å². The van der Waals surface area contributed by atoms with E-state index < -0.39 is 10.0 Å². The Labute approximate surface area is 168 Å². The van der Waals surface area contributed by atoms with Gasteiger partial charge in [0.2, 0.25) is 10.0 Å². The molecule has 1 aliphatic heterocycles. The molecule has 1 aliphatic carbocycles. The van der Waals surface area contributed by atoms with Crippen LogP contribution in [0.1, 0.15) is 79.5 Å². The lowest BCUT2D eigenvalue weighted by Gasteiger charge is -2.20. The third kappa shape index (κ3) is 4.69. The molecule has 1 fully saturated rings. The van der Waals surface area contributed by atoms with Gasteiger partial charge in [0, 0.05) is 25.3 Å². The molecule has 2 heterocycles. The number of carbonyl (C=O) groups is 1. The van der Waals surface area contributed by atoms with Gasteiger partial charge in [-0.05, 0) is 64.4 Å². The van der Waals surface area contributed by atoms with Crippen molar-refractivity contribution in [2.24, 2.45) is 0 Å². The maximum absolute atomic E-state index is 13.2. The predicted molar refractivity (Wildman–Crippen MR) is 111 cm³/mol. The third-order valence-corrected chi connectivity index (χ3v) is 8.05. The Morgan fingerprint density at radius 3 is 2.46 bits per heavy atom. The van der Waals surface area contributed by atoms with Gasteiger partial charge in [-0.15, -0.1) is 0 Å². The number of hydrogen-bond donors (Lipinski definition) is 2. The first kappa shape index (κ1) is 21.1. The van der Waals surface area contributed by atoms with Gasteiger partial charge < -0.3 is 10.3 Å². The number of hydrogen-bond acceptors (Lipinski definition) is 3. The van der Waals surface area contributed by atoms with E-state index in [-0.39, 0.29) is 10.8 Å². The summed E-state index contributed by atoms with van der Waals surface area (Å²) in [6, 6.07) is 0. The maximum atomic E-state index is 13.2. The fourth-order valence-corrected chi connectivity index (χ4v) is 6.24. The molecule has 7 heteroatoms. The van der Waals surface area contributed by atoms with Crippen LogP contribution < -0.4 is 5.32 Å². The summed E-state index contributed by atoms with van der Waals surface area (Å²) in [5.74, 6) is -0.227. The fourth-order valence-electron chi connectivity index (χ4n) is 4.31. The molecule has 1 saturated heterocycles. The van der Waals surface area contributed by atoms with Crippen molar-refractivity contribution in [2.75, 3.05) is 19.6 Å². The van der Waals surface area contributed by atoms with E-state index in [2.05, 4.69) is 16.4 Å². The van der Waals surface area contributed by atoms with E-state index in [4.69, 9.17) is 0 Å². The molecule has 0 radical (unpaired) electrons. The first-order chi connectivity index (χ1) is 13.4. The highest BCUT2D eigenvalue weighted by molar-refractivity contribution is 7.89. The average molecular weight is 408 g/mol. The first-order valence-corrected chi connectivity index (χ1v) is 12.0. The van der Waals surface area contributed by atoms with Crippen LogP contribution in [0.5, 0.6) is 0 Å². The smallest absolute Gasteiger partial charge is 0.268 e. The molecular weight excluding hydrogens is 374 g/mol. The number of carbonyl (C=O) groups excluding carboxylic acids is 1. The molecule has 2 N–H and O–H groups in total. The molecule has 0 spiro atoms. The van der Waals surface area contributed by atoms with Crippen molar-refractivity contribution in [2.45, 2.75) is 76.5 Å². The zero-order chi connectivity index (χ0) is 20.1. The lowest BCUT2D eigenvalue weighted by atomic mass is 9.97. The molecule has 3 rings (SSSR count). The van der Waals surface area contributed by atoms with Crippen LogP contribution in [-0.4, -0.2) is 43.2 Å². The monoisotopic (exact) mass is 407 g/mol. The summed E-state index contributed by atoms with van der Waals surface area (Å²) in [5, 5.41) is 2.95. The second-order valence-electron chi connectivity index (χ2n) is 8.01. The van der Waals surface area contributed by atoms with Gasteiger partial charge in [-0.25, -0.2) is 8.42 Å². The Morgan fingerprint density at radius 2 is 1.82 bits per heavy atom. The number of aromatic amines is 1. The number of allylic oxidation sites excluding steroid dienone is 1. The predicted octanol–water partition coefficient (Wildman–Crippen LogP) is 3.82. The number of sulfonamides is 1. The van der Waals surface area contributed by atoms with Crippen molar-refractivity contribution in [3.63, 3.8) is 0 Å². The summed E-state index contributed by atoms with van der Waals surface area (Å²) in [6.07, 6.45) is 11.8. The van der Waals surface area contributed by atoms with Crippen molar-refractivity contribution in [3.8, 4) is 0 Å². The van der Waals surface area contributed by atoms with Crippen LogP contribution in [0.4, 0.5) is 0 Å². The summed E-state index contributed by atoms with van der Waals surface area (Å²) >= 11 is 0. The summed E-state index contributed by atoms with van der Waals surface area (Å²) < 4.78 is 28.0. The van der Waals surface area contributed by atoms with E-state index >= 15 is 0 Å². The highest BCUT2D eigenvalue weighted by Crippen LogP contribution is 2.28. The summed E-state index contributed by atoms with van der Waals surface area (Å²) in [7, 11) is -3.58. The number of rotatable bonds is 6. The summed E-state index contributed by atoms with van der Waals surface area (Å²) in [5.41, 5.74) is 2.84. The first-order valence-electron chi connectivity index (χ1n) is 10.6. The minimum absolute atomic E-state index is 0.227. The van der Waals surface area contributed by atoms with Gasteiger partial charge in [0.25, 0.3) is 5.91 Å². The second-order valence-corrected chi connectivity index (χ2v) is 9.89. The van der Waals surface area contributed by atoms with Gasteiger partial charge in [0.15, 0.2) is 0 Å². The Kier molecular flexibility index (Phi) is 6.99.